The second-order valence-electron chi connectivity index (χ2n) is 2.70. The molecule has 1 rings (SSSR count). The van der Waals surface area contributed by atoms with Crippen molar-refractivity contribution in [1.82, 2.24) is 0 Å². The molecule has 1 N–H and O–H groups in total. The van der Waals surface area contributed by atoms with Crippen LogP contribution in [0.4, 0.5) is 0 Å². The minimum Gasteiger partial charge on any atom is -0.477 e. The lowest BCUT2D eigenvalue weighted by Crippen LogP contribution is -1.98. The van der Waals surface area contributed by atoms with E-state index in [2.05, 4.69) is 4.99 Å². The molecule has 3 heteroatoms. The number of carboxylic acids is 1. The molecule has 1 aromatic rings. The number of hydrogen-bond donors (Lipinski definition) is 1. The third-order valence-electron chi connectivity index (χ3n) is 1.69. The van der Waals surface area contributed by atoms with Gasteiger partial charge in [0, 0.05) is 0 Å². The molecule has 0 aromatic heterocycles. The lowest BCUT2D eigenvalue weighted by molar-refractivity contribution is -0.128. The van der Waals surface area contributed by atoms with E-state index in [-0.39, 0.29) is 6.04 Å². The Balaban J connectivity index is 2.69. The van der Waals surface area contributed by atoms with E-state index in [1.165, 1.54) is 0 Å². The van der Waals surface area contributed by atoms with Gasteiger partial charge in [0.15, 0.2) is 0 Å². The van der Waals surface area contributed by atoms with Gasteiger partial charge in [-0.25, -0.2) is 4.79 Å². The minimum absolute atomic E-state index is 0.0997. The van der Waals surface area contributed by atoms with Crippen LogP contribution in [0.5, 0.6) is 0 Å². The van der Waals surface area contributed by atoms with Crippen LogP contribution in [0.25, 0.3) is 0 Å². The SMILES string of the molecule is C[C@@H](/N=C\C(=O)O)c1ccccc1. The smallest absolute Gasteiger partial charge is 0.346 e. The maximum absolute atomic E-state index is 10.2. The van der Waals surface area contributed by atoms with Crippen LogP contribution in [0, 0.1) is 0 Å². The Hall–Kier alpha value is -1.64. The van der Waals surface area contributed by atoms with Gasteiger partial charge < -0.3 is 5.11 Å². The van der Waals surface area contributed by atoms with Crippen LogP contribution in [-0.2, 0) is 4.79 Å². The first kappa shape index (κ1) is 9.45. The molecule has 13 heavy (non-hydrogen) atoms. The zero-order chi connectivity index (χ0) is 9.68. The lowest BCUT2D eigenvalue weighted by atomic mass is 10.1. The average Bonchev–Trinajstić information content (AvgIpc) is 2.15. The van der Waals surface area contributed by atoms with E-state index in [0.29, 0.717) is 0 Å². The first-order valence-electron chi connectivity index (χ1n) is 4.01. The zero-order valence-corrected chi connectivity index (χ0v) is 7.34. The van der Waals surface area contributed by atoms with Crippen LogP contribution >= 0.6 is 0 Å². The maximum Gasteiger partial charge on any atom is 0.346 e. The molecule has 0 radical (unpaired) electrons. The highest BCUT2D eigenvalue weighted by Gasteiger charge is 2.00. The summed E-state index contributed by atoms with van der Waals surface area (Å²) in [7, 11) is 0. The minimum atomic E-state index is -1.01. The number of carboxylic acid groups (broad SMARTS) is 1. The van der Waals surface area contributed by atoms with Crippen LogP contribution in [0.1, 0.15) is 18.5 Å². The van der Waals surface area contributed by atoms with E-state index in [9.17, 15) is 4.79 Å². The molecule has 0 unspecified atom stereocenters. The molecule has 0 saturated heterocycles. The largest absolute Gasteiger partial charge is 0.477 e. The fraction of sp³-hybridized carbons (Fsp3) is 0.200. The zero-order valence-electron chi connectivity index (χ0n) is 7.34. The molecule has 0 bridgehead atoms. The number of aliphatic carboxylic acids is 1. The summed E-state index contributed by atoms with van der Waals surface area (Å²) in [4.78, 5) is 14.1. The summed E-state index contributed by atoms with van der Waals surface area (Å²) in [5.41, 5.74) is 1.01. The van der Waals surface area contributed by atoms with Gasteiger partial charge in [0.2, 0.25) is 0 Å². The van der Waals surface area contributed by atoms with Gasteiger partial charge in [0.05, 0.1) is 6.04 Å². The van der Waals surface area contributed by atoms with Crippen molar-refractivity contribution in [3.05, 3.63) is 35.9 Å². The summed E-state index contributed by atoms with van der Waals surface area (Å²) >= 11 is 0. The monoisotopic (exact) mass is 177 g/mol. The van der Waals surface area contributed by atoms with Gasteiger partial charge >= 0.3 is 5.97 Å². The van der Waals surface area contributed by atoms with E-state index in [1.807, 2.05) is 37.3 Å². The number of aliphatic imine (C=N–C) groups is 1. The van der Waals surface area contributed by atoms with Gasteiger partial charge in [-0.3, -0.25) is 4.99 Å². The van der Waals surface area contributed by atoms with E-state index >= 15 is 0 Å². The van der Waals surface area contributed by atoms with Crippen molar-refractivity contribution in [2.75, 3.05) is 0 Å². The summed E-state index contributed by atoms with van der Waals surface area (Å²) in [6.45, 7) is 1.86. The normalized spacial score (nSPS) is 13.0. The first-order valence-corrected chi connectivity index (χ1v) is 4.01. The highest BCUT2D eigenvalue weighted by molar-refractivity contribution is 6.22. The number of nitrogens with zero attached hydrogens (tertiary/aromatic N) is 1. The van der Waals surface area contributed by atoms with E-state index in [0.717, 1.165) is 11.8 Å². The molecule has 1 aromatic carbocycles. The Kier molecular flexibility index (Phi) is 3.20. The number of carbonyl (C=O) groups is 1. The molecule has 0 fully saturated rings. The Morgan fingerprint density at radius 2 is 2.08 bits per heavy atom. The van der Waals surface area contributed by atoms with E-state index in [4.69, 9.17) is 5.11 Å². The molecule has 0 heterocycles. The molecule has 1 atom stereocenters. The van der Waals surface area contributed by atoms with Crippen LogP contribution in [0.2, 0.25) is 0 Å². The standard InChI is InChI=1S/C10H11NO2/c1-8(11-7-10(12)13)9-5-3-2-4-6-9/h2-8H,1H3,(H,12,13)/b11-7-/t8-/m1/s1. The van der Waals surface area contributed by atoms with Crippen molar-refractivity contribution in [2.24, 2.45) is 4.99 Å². The predicted octanol–water partition coefficient (Wildman–Crippen LogP) is 1.90. The van der Waals surface area contributed by atoms with Crippen molar-refractivity contribution >= 4 is 12.2 Å². The van der Waals surface area contributed by atoms with Crippen LogP contribution in [-0.4, -0.2) is 17.3 Å². The van der Waals surface area contributed by atoms with Gasteiger partial charge in [0.1, 0.15) is 6.21 Å². The quantitative estimate of drug-likeness (QED) is 0.717. The lowest BCUT2D eigenvalue weighted by Gasteiger charge is -2.04. The van der Waals surface area contributed by atoms with Gasteiger partial charge in [0.25, 0.3) is 0 Å². The molecule has 0 aliphatic heterocycles. The van der Waals surface area contributed by atoms with Crippen LogP contribution < -0.4 is 0 Å². The third-order valence-corrected chi connectivity index (χ3v) is 1.69. The Morgan fingerprint density at radius 1 is 1.46 bits per heavy atom. The number of hydrogen-bond acceptors (Lipinski definition) is 2. The summed E-state index contributed by atoms with van der Waals surface area (Å²) in [6, 6.07) is 9.46. The maximum atomic E-state index is 10.2. The van der Waals surface area contributed by atoms with Crippen molar-refractivity contribution < 1.29 is 9.90 Å². The summed E-state index contributed by atoms with van der Waals surface area (Å²) in [6.07, 6.45) is 0.928. The summed E-state index contributed by atoms with van der Waals surface area (Å²) < 4.78 is 0. The molecule has 0 aliphatic carbocycles. The van der Waals surface area contributed by atoms with E-state index in [1.54, 1.807) is 0 Å². The Morgan fingerprint density at radius 3 is 2.62 bits per heavy atom. The second kappa shape index (κ2) is 4.40. The van der Waals surface area contributed by atoms with Gasteiger partial charge in [-0.2, -0.15) is 0 Å². The summed E-state index contributed by atoms with van der Waals surface area (Å²) in [5.74, 6) is -1.01. The van der Waals surface area contributed by atoms with Crippen molar-refractivity contribution in [2.45, 2.75) is 13.0 Å². The molecule has 0 saturated carbocycles. The number of benzene rings is 1. The third kappa shape index (κ3) is 3.07. The molecule has 68 valence electrons. The van der Waals surface area contributed by atoms with Crippen molar-refractivity contribution in [3.63, 3.8) is 0 Å². The predicted molar refractivity (Wildman–Crippen MR) is 51.0 cm³/mol. The fourth-order valence-corrected chi connectivity index (χ4v) is 0.993. The fourth-order valence-electron chi connectivity index (χ4n) is 0.993. The highest BCUT2D eigenvalue weighted by atomic mass is 16.4. The second-order valence-corrected chi connectivity index (χ2v) is 2.70. The molecular weight excluding hydrogens is 166 g/mol. The van der Waals surface area contributed by atoms with Crippen LogP contribution in [0.15, 0.2) is 35.3 Å². The highest BCUT2D eigenvalue weighted by Crippen LogP contribution is 2.14. The topological polar surface area (TPSA) is 49.7 Å². The average molecular weight is 177 g/mol. The van der Waals surface area contributed by atoms with Gasteiger partial charge in [-0.1, -0.05) is 30.3 Å². The molecule has 0 aliphatic rings. The van der Waals surface area contributed by atoms with Crippen molar-refractivity contribution in [3.8, 4) is 0 Å². The molecule has 3 nitrogen and oxygen atoms in total. The first-order chi connectivity index (χ1) is 6.20. The molecule has 0 amide bonds. The Labute approximate surface area is 76.7 Å². The van der Waals surface area contributed by atoms with Crippen LogP contribution in [0.3, 0.4) is 0 Å². The van der Waals surface area contributed by atoms with Gasteiger partial charge in [-0.15, -0.1) is 0 Å². The number of rotatable bonds is 3. The molecular formula is C10H11NO2. The van der Waals surface area contributed by atoms with Gasteiger partial charge in [-0.05, 0) is 12.5 Å². The van der Waals surface area contributed by atoms with Crippen molar-refractivity contribution in [1.29, 1.82) is 0 Å². The summed E-state index contributed by atoms with van der Waals surface area (Å²) in [5, 5.41) is 8.36. The van der Waals surface area contributed by atoms with E-state index < -0.39 is 5.97 Å². The molecule has 0 spiro atoms. The Bertz CT molecular complexity index is 306.